The summed E-state index contributed by atoms with van der Waals surface area (Å²) in [5.41, 5.74) is 3.48. The number of aromatic nitrogens is 2. The highest BCUT2D eigenvalue weighted by atomic mass is 16.5. The van der Waals surface area contributed by atoms with Crippen molar-refractivity contribution in [1.82, 2.24) is 14.7 Å². The lowest BCUT2D eigenvalue weighted by Gasteiger charge is -2.09. The second-order valence-electron chi connectivity index (χ2n) is 6.83. The van der Waals surface area contributed by atoms with E-state index in [1.165, 1.54) is 0 Å². The molecule has 0 aliphatic heterocycles. The molecule has 0 atom stereocenters. The number of amides is 1. The normalized spacial score (nSPS) is 13.6. The minimum absolute atomic E-state index is 0.103. The van der Waals surface area contributed by atoms with Crippen LogP contribution in [0.2, 0.25) is 0 Å². The van der Waals surface area contributed by atoms with Gasteiger partial charge in [0.25, 0.3) is 5.91 Å². The summed E-state index contributed by atoms with van der Waals surface area (Å²) < 4.78 is 12.7. The van der Waals surface area contributed by atoms with Gasteiger partial charge in [0, 0.05) is 12.1 Å². The van der Waals surface area contributed by atoms with Crippen molar-refractivity contribution in [2.75, 3.05) is 20.3 Å². The molecule has 1 aliphatic carbocycles. The van der Waals surface area contributed by atoms with Gasteiger partial charge < -0.3 is 14.8 Å². The second-order valence-corrected chi connectivity index (χ2v) is 6.83. The summed E-state index contributed by atoms with van der Waals surface area (Å²) in [7, 11) is 1.63. The smallest absolute Gasteiger partial charge is 0.270 e. The first-order valence-corrected chi connectivity index (χ1v) is 9.19. The van der Waals surface area contributed by atoms with E-state index in [1.54, 1.807) is 7.11 Å². The van der Waals surface area contributed by atoms with E-state index >= 15 is 0 Å². The molecule has 1 aliphatic rings. The minimum Gasteiger partial charge on any atom is -0.497 e. The van der Waals surface area contributed by atoms with Crippen molar-refractivity contribution in [2.24, 2.45) is 0 Å². The number of carbonyl (C=O) groups is 1. The fourth-order valence-electron chi connectivity index (χ4n) is 3.13. The van der Waals surface area contributed by atoms with Gasteiger partial charge in [-0.1, -0.05) is 6.07 Å². The first-order chi connectivity index (χ1) is 13.2. The molecule has 6 nitrogen and oxygen atoms in total. The molecule has 4 rings (SSSR count). The van der Waals surface area contributed by atoms with E-state index in [2.05, 4.69) is 10.3 Å². The number of nitrogens with one attached hydrogen (secondary N) is 1. The maximum atomic E-state index is 12.8. The number of fused-ring (bicyclic) bond motifs is 1. The summed E-state index contributed by atoms with van der Waals surface area (Å²) in [4.78, 5) is 17.5. The third-order valence-corrected chi connectivity index (χ3v) is 4.69. The summed E-state index contributed by atoms with van der Waals surface area (Å²) >= 11 is 0. The Morgan fingerprint density at radius 3 is 2.63 bits per heavy atom. The number of rotatable bonds is 7. The molecule has 27 heavy (non-hydrogen) atoms. The number of methoxy groups -OCH3 is 1. The fourth-order valence-corrected chi connectivity index (χ4v) is 3.13. The number of nitrogens with zero attached hydrogens (tertiary/aromatic N) is 2. The van der Waals surface area contributed by atoms with Crippen LogP contribution in [0, 0.1) is 6.92 Å². The number of carbonyl (C=O) groups excluding carboxylic acids is 1. The SMILES string of the molecule is COc1ccc(OCCNC(=O)c2c(C3CC3)nc3ccc(C)cn23)cc1. The molecule has 1 saturated carbocycles. The topological polar surface area (TPSA) is 64.9 Å². The summed E-state index contributed by atoms with van der Waals surface area (Å²) in [5, 5.41) is 2.96. The van der Waals surface area contributed by atoms with Crippen molar-refractivity contribution in [3.63, 3.8) is 0 Å². The molecule has 1 aromatic carbocycles. The lowest BCUT2D eigenvalue weighted by molar-refractivity contribution is 0.0940. The summed E-state index contributed by atoms with van der Waals surface area (Å²) in [6.45, 7) is 2.83. The fraction of sp³-hybridized carbons (Fsp3) is 0.333. The zero-order valence-electron chi connectivity index (χ0n) is 15.6. The Hall–Kier alpha value is -3.02. The van der Waals surface area contributed by atoms with Crippen molar-refractivity contribution >= 4 is 11.6 Å². The Morgan fingerprint density at radius 2 is 1.93 bits per heavy atom. The van der Waals surface area contributed by atoms with Crippen LogP contribution in [0.5, 0.6) is 11.5 Å². The van der Waals surface area contributed by atoms with Crippen LogP contribution in [0.3, 0.4) is 0 Å². The van der Waals surface area contributed by atoms with Gasteiger partial charge in [-0.3, -0.25) is 9.20 Å². The number of hydrogen-bond donors (Lipinski definition) is 1. The molecule has 3 aromatic rings. The monoisotopic (exact) mass is 365 g/mol. The maximum Gasteiger partial charge on any atom is 0.270 e. The van der Waals surface area contributed by atoms with E-state index in [0.29, 0.717) is 24.8 Å². The predicted octanol–water partition coefficient (Wildman–Crippen LogP) is 3.34. The molecule has 2 heterocycles. The molecule has 0 saturated heterocycles. The van der Waals surface area contributed by atoms with Gasteiger partial charge in [0.1, 0.15) is 29.4 Å². The van der Waals surface area contributed by atoms with Crippen LogP contribution in [0.4, 0.5) is 0 Å². The average molecular weight is 365 g/mol. The zero-order valence-corrected chi connectivity index (χ0v) is 15.6. The molecule has 140 valence electrons. The van der Waals surface area contributed by atoms with Crippen molar-refractivity contribution in [3.8, 4) is 11.5 Å². The van der Waals surface area contributed by atoms with Crippen LogP contribution in [0.25, 0.3) is 5.65 Å². The Balaban J connectivity index is 1.42. The molecule has 0 unspecified atom stereocenters. The molecule has 2 aromatic heterocycles. The van der Waals surface area contributed by atoms with Crippen molar-refractivity contribution in [1.29, 1.82) is 0 Å². The van der Waals surface area contributed by atoms with Gasteiger partial charge in [0.05, 0.1) is 19.3 Å². The Morgan fingerprint density at radius 1 is 1.19 bits per heavy atom. The van der Waals surface area contributed by atoms with E-state index in [4.69, 9.17) is 9.47 Å². The number of pyridine rings is 1. The van der Waals surface area contributed by atoms with Crippen molar-refractivity contribution in [2.45, 2.75) is 25.7 Å². The van der Waals surface area contributed by atoms with Gasteiger partial charge in [0.15, 0.2) is 0 Å². The maximum absolute atomic E-state index is 12.8. The molecule has 1 amide bonds. The quantitative estimate of drug-likeness (QED) is 0.652. The zero-order chi connectivity index (χ0) is 18.8. The molecule has 1 fully saturated rings. The summed E-state index contributed by atoms with van der Waals surface area (Å²) in [6.07, 6.45) is 4.17. The largest absolute Gasteiger partial charge is 0.497 e. The molecule has 0 spiro atoms. The van der Waals surface area contributed by atoms with Gasteiger partial charge in [-0.2, -0.15) is 0 Å². The van der Waals surface area contributed by atoms with E-state index in [9.17, 15) is 4.79 Å². The van der Waals surface area contributed by atoms with E-state index in [1.807, 2.05) is 53.9 Å². The van der Waals surface area contributed by atoms with E-state index < -0.39 is 0 Å². The Bertz CT molecular complexity index is 959. The van der Waals surface area contributed by atoms with Crippen LogP contribution in [0.1, 0.15) is 40.5 Å². The first-order valence-electron chi connectivity index (χ1n) is 9.19. The molecular weight excluding hydrogens is 342 g/mol. The molecule has 0 radical (unpaired) electrons. The highest BCUT2D eigenvalue weighted by Crippen LogP contribution is 2.41. The van der Waals surface area contributed by atoms with Crippen LogP contribution in [-0.4, -0.2) is 35.6 Å². The lowest BCUT2D eigenvalue weighted by Crippen LogP contribution is -2.29. The van der Waals surface area contributed by atoms with Gasteiger partial charge in [-0.05, 0) is 55.7 Å². The Kier molecular flexibility index (Phi) is 4.71. The highest BCUT2D eigenvalue weighted by Gasteiger charge is 2.32. The van der Waals surface area contributed by atoms with Gasteiger partial charge in [-0.15, -0.1) is 0 Å². The average Bonchev–Trinajstić information content (AvgIpc) is 3.46. The van der Waals surface area contributed by atoms with Gasteiger partial charge in [0.2, 0.25) is 0 Å². The minimum atomic E-state index is -0.103. The summed E-state index contributed by atoms with van der Waals surface area (Å²) in [6, 6.07) is 11.4. The van der Waals surface area contributed by atoms with Crippen LogP contribution >= 0.6 is 0 Å². The number of benzene rings is 1. The number of aryl methyl sites for hydroxylation is 1. The predicted molar refractivity (Wildman–Crippen MR) is 103 cm³/mol. The lowest BCUT2D eigenvalue weighted by atomic mass is 10.2. The molecule has 1 N–H and O–H groups in total. The number of hydrogen-bond acceptors (Lipinski definition) is 4. The Labute approximate surface area is 158 Å². The first kappa shape index (κ1) is 17.4. The van der Waals surface area contributed by atoms with Crippen LogP contribution in [-0.2, 0) is 0 Å². The number of ether oxygens (including phenoxy) is 2. The molecule has 0 bridgehead atoms. The third-order valence-electron chi connectivity index (χ3n) is 4.69. The van der Waals surface area contributed by atoms with Crippen LogP contribution in [0.15, 0.2) is 42.6 Å². The van der Waals surface area contributed by atoms with E-state index in [-0.39, 0.29) is 5.91 Å². The van der Waals surface area contributed by atoms with Crippen molar-refractivity contribution < 1.29 is 14.3 Å². The van der Waals surface area contributed by atoms with Gasteiger partial charge >= 0.3 is 0 Å². The molecular formula is C21H23N3O3. The second kappa shape index (κ2) is 7.31. The van der Waals surface area contributed by atoms with E-state index in [0.717, 1.165) is 41.2 Å². The standard InChI is InChI=1S/C21H23N3O3/c1-14-3-10-18-23-19(15-4-5-15)20(24(18)13-14)21(25)22-11-12-27-17-8-6-16(26-2)7-9-17/h3,6-10,13,15H,4-5,11-12H2,1-2H3,(H,22,25). The van der Waals surface area contributed by atoms with Crippen LogP contribution < -0.4 is 14.8 Å². The highest BCUT2D eigenvalue weighted by molar-refractivity contribution is 5.95. The third kappa shape index (κ3) is 3.74. The summed E-state index contributed by atoms with van der Waals surface area (Å²) in [5.74, 6) is 1.83. The number of imidazole rings is 1. The van der Waals surface area contributed by atoms with Crippen molar-refractivity contribution in [3.05, 3.63) is 59.5 Å². The molecule has 6 heteroatoms. The van der Waals surface area contributed by atoms with Gasteiger partial charge in [-0.25, -0.2) is 4.98 Å².